The summed E-state index contributed by atoms with van der Waals surface area (Å²) in [5.74, 6) is 0.0552. The molecule has 2 amide bonds. The van der Waals surface area contributed by atoms with Gasteiger partial charge in [0.2, 0.25) is 5.91 Å². The predicted octanol–water partition coefficient (Wildman–Crippen LogP) is 4.40. The number of carbonyl (C=O) groups is 2. The Morgan fingerprint density at radius 1 is 0.926 bits per heavy atom. The summed E-state index contributed by atoms with van der Waals surface area (Å²) in [6.07, 6.45) is 2.63. The molecule has 142 valence electrons. The molecule has 2 aromatic rings. The summed E-state index contributed by atoms with van der Waals surface area (Å²) in [6.45, 7) is 8.20. The smallest absolute Gasteiger partial charge is 0.255 e. The molecule has 0 aliphatic carbocycles. The lowest BCUT2D eigenvalue weighted by molar-refractivity contribution is -0.129. The number of nitrogens with one attached hydrogen (secondary N) is 1. The largest absolute Gasteiger partial charge is 0.342 e. The number of nitrogens with zero attached hydrogens (tertiary/aromatic N) is 1. The average molecular weight is 364 g/mol. The van der Waals surface area contributed by atoms with Crippen molar-refractivity contribution in [3.63, 3.8) is 0 Å². The Labute approximate surface area is 161 Å². The van der Waals surface area contributed by atoms with Crippen molar-refractivity contribution in [2.45, 2.75) is 45.4 Å². The zero-order valence-corrected chi connectivity index (χ0v) is 16.4. The molecule has 4 nitrogen and oxygen atoms in total. The molecule has 0 spiro atoms. The third kappa shape index (κ3) is 4.97. The van der Waals surface area contributed by atoms with Gasteiger partial charge >= 0.3 is 0 Å². The van der Waals surface area contributed by atoms with Crippen LogP contribution in [0.25, 0.3) is 0 Å². The zero-order valence-electron chi connectivity index (χ0n) is 16.4. The fraction of sp³-hybridized carbons (Fsp3) is 0.391. The Morgan fingerprint density at radius 2 is 1.52 bits per heavy atom. The lowest BCUT2D eigenvalue weighted by Crippen LogP contribution is -2.29. The summed E-state index contributed by atoms with van der Waals surface area (Å²) in [5, 5.41) is 2.92. The van der Waals surface area contributed by atoms with E-state index in [0.29, 0.717) is 12.0 Å². The van der Waals surface area contributed by atoms with Crippen LogP contribution in [0.2, 0.25) is 0 Å². The van der Waals surface area contributed by atoms with Crippen LogP contribution < -0.4 is 5.32 Å². The van der Waals surface area contributed by atoms with E-state index in [0.717, 1.165) is 37.2 Å². The highest BCUT2D eigenvalue weighted by Crippen LogP contribution is 2.22. The van der Waals surface area contributed by atoms with E-state index >= 15 is 0 Å². The van der Waals surface area contributed by atoms with E-state index in [1.54, 1.807) is 0 Å². The molecule has 4 heteroatoms. The number of benzene rings is 2. The van der Waals surface area contributed by atoms with Gasteiger partial charge in [-0.25, -0.2) is 0 Å². The number of likely N-dealkylation sites (tertiary alicyclic amines) is 1. The number of anilines is 1. The highest BCUT2D eigenvalue weighted by molar-refractivity contribution is 6.04. The molecule has 2 aromatic carbocycles. The standard InChI is InChI=1S/C23H28N2O2/c1-23(2,3)19-10-8-18(9-11-19)22(27)24-20-12-6-17(7-13-20)16-21(26)25-14-4-5-15-25/h6-13H,4-5,14-16H2,1-3H3,(H,24,27). The van der Waals surface area contributed by atoms with Crippen molar-refractivity contribution in [3.8, 4) is 0 Å². The maximum absolute atomic E-state index is 12.4. The monoisotopic (exact) mass is 364 g/mol. The molecule has 0 unspecified atom stereocenters. The third-order valence-electron chi connectivity index (χ3n) is 5.04. The molecule has 1 aliphatic rings. The van der Waals surface area contributed by atoms with Gasteiger partial charge in [0, 0.05) is 24.3 Å². The Morgan fingerprint density at radius 3 is 2.07 bits per heavy atom. The summed E-state index contributed by atoms with van der Waals surface area (Å²) in [4.78, 5) is 26.6. The van der Waals surface area contributed by atoms with Crippen LogP contribution >= 0.6 is 0 Å². The fourth-order valence-electron chi connectivity index (χ4n) is 3.28. The second kappa shape index (κ2) is 7.95. The number of amides is 2. The van der Waals surface area contributed by atoms with Crippen molar-refractivity contribution in [3.05, 3.63) is 65.2 Å². The SMILES string of the molecule is CC(C)(C)c1ccc(C(=O)Nc2ccc(CC(=O)N3CCCC3)cc2)cc1. The number of hydrogen-bond donors (Lipinski definition) is 1. The van der Waals surface area contributed by atoms with E-state index in [4.69, 9.17) is 0 Å². The van der Waals surface area contributed by atoms with Crippen LogP contribution in [0.3, 0.4) is 0 Å². The van der Waals surface area contributed by atoms with Gasteiger partial charge in [-0.05, 0) is 53.6 Å². The minimum Gasteiger partial charge on any atom is -0.342 e. The fourth-order valence-corrected chi connectivity index (χ4v) is 3.28. The molecule has 1 saturated heterocycles. The van der Waals surface area contributed by atoms with Crippen molar-refractivity contribution in [1.82, 2.24) is 4.90 Å². The van der Waals surface area contributed by atoms with Gasteiger partial charge in [0.25, 0.3) is 5.91 Å². The summed E-state index contributed by atoms with van der Waals surface area (Å²) in [7, 11) is 0. The number of rotatable bonds is 4. The summed E-state index contributed by atoms with van der Waals surface area (Å²) in [5.41, 5.74) is 3.61. The van der Waals surface area contributed by atoms with Gasteiger partial charge in [-0.1, -0.05) is 45.0 Å². The Balaban J connectivity index is 1.59. The predicted molar refractivity (Wildman–Crippen MR) is 109 cm³/mol. The first-order valence-corrected chi connectivity index (χ1v) is 9.61. The first kappa shape index (κ1) is 19.2. The number of carbonyl (C=O) groups excluding carboxylic acids is 2. The van der Waals surface area contributed by atoms with Crippen molar-refractivity contribution >= 4 is 17.5 Å². The molecule has 3 rings (SSSR count). The van der Waals surface area contributed by atoms with Gasteiger partial charge in [-0.2, -0.15) is 0 Å². The van der Waals surface area contributed by atoms with Crippen LogP contribution in [-0.4, -0.2) is 29.8 Å². The molecule has 27 heavy (non-hydrogen) atoms. The van der Waals surface area contributed by atoms with Crippen LogP contribution in [0, 0.1) is 0 Å². The summed E-state index contributed by atoms with van der Waals surface area (Å²) < 4.78 is 0. The Hall–Kier alpha value is -2.62. The molecule has 0 atom stereocenters. The van der Waals surface area contributed by atoms with Gasteiger partial charge in [-0.15, -0.1) is 0 Å². The third-order valence-corrected chi connectivity index (χ3v) is 5.04. The van der Waals surface area contributed by atoms with Gasteiger partial charge in [0.05, 0.1) is 6.42 Å². The molecule has 1 fully saturated rings. The lowest BCUT2D eigenvalue weighted by Gasteiger charge is -2.19. The molecular formula is C23H28N2O2. The molecule has 0 aromatic heterocycles. The van der Waals surface area contributed by atoms with Crippen molar-refractivity contribution in [2.24, 2.45) is 0 Å². The molecular weight excluding hydrogens is 336 g/mol. The highest BCUT2D eigenvalue weighted by Gasteiger charge is 2.18. The maximum atomic E-state index is 12.4. The van der Waals surface area contributed by atoms with E-state index in [-0.39, 0.29) is 17.2 Å². The second-order valence-electron chi connectivity index (χ2n) is 8.24. The van der Waals surface area contributed by atoms with Gasteiger partial charge in [0.1, 0.15) is 0 Å². The van der Waals surface area contributed by atoms with Crippen LogP contribution in [0.1, 0.15) is 55.1 Å². The zero-order chi connectivity index (χ0) is 19.4. The van der Waals surface area contributed by atoms with Crippen LogP contribution in [-0.2, 0) is 16.6 Å². The van der Waals surface area contributed by atoms with E-state index in [2.05, 4.69) is 26.1 Å². The van der Waals surface area contributed by atoms with E-state index < -0.39 is 0 Å². The maximum Gasteiger partial charge on any atom is 0.255 e. The van der Waals surface area contributed by atoms with Crippen molar-refractivity contribution < 1.29 is 9.59 Å². The minimum absolute atomic E-state index is 0.0668. The van der Waals surface area contributed by atoms with Gasteiger partial charge in [0.15, 0.2) is 0 Å². The minimum atomic E-state index is -0.128. The first-order valence-electron chi connectivity index (χ1n) is 9.61. The van der Waals surface area contributed by atoms with E-state index in [1.807, 2.05) is 53.4 Å². The second-order valence-corrected chi connectivity index (χ2v) is 8.24. The van der Waals surface area contributed by atoms with Crippen LogP contribution in [0.5, 0.6) is 0 Å². The van der Waals surface area contributed by atoms with Crippen molar-refractivity contribution in [2.75, 3.05) is 18.4 Å². The van der Waals surface area contributed by atoms with Crippen molar-refractivity contribution in [1.29, 1.82) is 0 Å². The summed E-state index contributed by atoms with van der Waals surface area (Å²) in [6, 6.07) is 15.3. The highest BCUT2D eigenvalue weighted by atomic mass is 16.2. The number of hydrogen-bond acceptors (Lipinski definition) is 2. The lowest BCUT2D eigenvalue weighted by atomic mass is 9.87. The first-order chi connectivity index (χ1) is 12.8. The van der Waals surface area contributed by atoms with E-state index in [1.165, 1.54) is 5.56 Å². The quantitative estimate of drug-likeness (QED) is 0.874. The molecule has 0 saturated carbocycles. The van der Waals surface area contributed by atoms with Crippen LogP contribution in [0.4, 0.5) is 5.69 Å². The molecule has 0 radical (unpaired) electrons. The Bertz CT molecular complexity index is 796. The Kier molecular flexibility index (Phi) is 5.64. The summed E-state index contributed by atoms with van der Waals surface area (Å²) >= 11 is 0. The van der Waals surface area contributed by atoms with Crippen LogP contribution in [0.15, 0.2) is 48.5 Å². The molecule has 1 heterocycles. The normalized spacial score (nSPS) is 14.3. The average Bonchev–Trinajstić information content (AvgIpc) is 3.17. The van der Waals surface area contributed by atoms with Gasteiger partial charge < -0.3 is 10.2 Å². The molecule has 1 aliphatic heterocycles. The topological polar surface area (TPSA) is 49.4 Å². The van der Waals surface area contributed by atoms with E-state index in [9.17, 15) is 9.59 Å². The van der Waals surface area contributed by atoms with Gasteiger partial charge in [-0.3, -0.25) is 9.59 Å². The molecule has 1 N–H and O–H groups in total. The molecule has 0 bridgehead atoms.